The Bertz CT molecular complexity index is 1690. The van der Waals surface area contributed by atoms with Gasteiger partial charge in [-0.05, 0) is 42.8 Å². The summed E-state index contributed by atoms with van der Waals surface area (Å²) in [6.07, 6.45) is 9.94. The maximum Gasteiger partial charge on any atom is 0.0560 e. The van der Waals surface area contributed by atoms with Crippen LogP contribution in [0.2, 0.25) is 0 Å². The second-order valence-electron chi connectivity index (χ2n) is 8.55. The van der Waals surface area contributed by atoms with E-state index in [-0.39, 0.29) is 0 Å². The third-order valence-electron chi connectivity index (χ3n) is 6.81. The number of fused-ring (bicyclic) bond motifs is 7. The van der Waals surface area contributed by atoms with Crippen molar-refractivity contribution in [2.75, 3.05) is 0 Å². The molecule has 2 nitrogen and oxygen atoms in total. The first-order valence-corrected chi connectivity index (χ1v) is 11.3. The fourth-order valence-corrected chi connectivity index (χ4v) is 5.52. The Morgan fingerprint density at radius 2 is 1.22 bits per heavy atom. The van der Waals surface area contributed by atoms with Crippen molar-refractivity contribution in [3.63, 3.8) is 0 Å². The standard InChI is InChI=1S/C30H22N2/c1-3-11-21(12-4-1)31-25-17-9-7-15-23(25)29-27(31)19-20-28-30(29)24-16-8-10-18-26(24)32(28)22-13-5-2-6-14-22/h1-13,15-20,22H,14H2. The first-order valence-electron chi connectivity index (χ1n) is 11.3. The minimum absolute atomic E-state index is 0.335. The molecule has 1 unspecified atom stereocenters. The largest absolute Gasteiger partial charge is 0.333 e. The molecule has 0 bridgehead atoms. The lowest BCUT2D eigenvalue weighted by atomic mass is 10.1. The van der Waals surface area contributed by atoms with Gasteiger partial charge in [-0.2, -0.15) is 0 Å². The molecular weight excluding hydrogens is 388 g/mol. The summed E-state index contributed by atoms with van der Waals surface area (Å²) in [6, 6.07) is 33.3. The zero-order chi connectivity index (χ0) is 21.1. The van der Waals surface area contributed by atoms with Crippen LogP contribution in [0.1, 0.15) is 12.5 Å². The van der Waals surface area contributed by atoms with Crippen LogP contribution in [-0.4, -0.2) is 9.13 Å². The zero-order valence-electron chi connectivity index (χ0n) is 17.6. The number of aromatic nitrogens is 2. The van der Waals surface area contributed by atoms with E-state index < -0.39 is 0 Å². The monoisotopic (exact) mass is 410 g/mol. The molecule has 0 radical (unpaired) electrons. The molecule has 0 amide bonds. The molecule has 4 aromatic carbocycles. The van der Waals surface area contributed by atoms with Crippen LogP contribution in [0.4, 0.5) is 0 Å². The molecule has 0 N–H and O–H groups in total. The number of para-hydroxylation sites is 3. The van der Waals surface area contributed by atoms with Crippen molar-refractivity contribution < 1.29 is 0 Å². The van der Waals surface area contributed by atoms with Gasteiger partial charge in [0.05, 0.1) is 22.6 Å². The molecule has 0 aliphatic heterocycles. The van der Waals surface area contributed by atoms with Crippen molar-refractivity contribution >= 4 is 43.6 Å². The second-order valence-corrected chi connectivity index (χ2v) is 8.55. The van der Waals surface area contributed by atoms with Gasteiger partial charge in [-0.25, -0.2) is 0 Å². The Kier molecular flexibility index (Phi) is 3.71. The molecule has 2 heterocycles. The van der Waals surface area contributed by atoms with Crippen molar-refractivity contribution in [3.8, 4) is 5.69 Å². The molecule has 1 aliphatic rings. The Morgan fingerprint density at radius 3 is 2.00 bits per heavy atom. The molecule has 2 heteroatoms. The highest BCUT2D eigenvalue weighted by Gasteiger charge is 2.21. The first-order chi connectivity index (χ1) is 15.9. The fraction of sp³-hybridized carbons (Fsp3) is 0.0667. The van der Waals surface area contributed by atoms with Crippen molar-refractivity contribution in [1.82, 2.24) is 9.13 Å². The van der Waals surface area contributed by atoms with Crippen LogP contribution in [-0.2, 0) is 0 Å². The van der Waals surface area contributed by atoms with Gasteiger partial charge >= 0.3 is 0 Å². The summed E-state index contributed by atoms with van der Waals surface area (Å²) in [5, 5.41) is 5.32. The zero-order valence-corrected chi connectivity index (χ0v) is 17.6. The third kappa shape index (κ3) is 2.35. The number of benzene rings is 4. The fourth-order valence-electron chi connectivity index (χ4n) is 5.52. The van der Waals surface area contributed by atoms with E-state index in [2.05, 4.69) is 124 Å². The first kappa shape index (κ1) is 17.6. The van der Waals surface area contributed by atoms with Crippen molar-refractivity contribution in [3.05, 3.63) is 115 Å². The van der Waals surface area contributed by atoms with Gasteiger partial charge in [-0.15, -0.1) is 0 Å². The van der Waals surface area contributed by atoms with Crippen LogP contribution in [0.25, 0.3) is 49.3 Å². The lowest BCUT2D eigenvalue weighted by molar-refractivity contribution is 0.648. The minimum Gasteiger partial charge on any atom is -0.333 e. The van der Waals surface area contributed by atoms with Crippen LogP contribution in [0.5, 0.6) is 0 Å². The Morgan fingerprint density at radius 1 is 0.562 bits per heavy atom. The van der Waals surface area contributed by atoms with Gasteiger partial charge in [0.25, 0.3) is 0 Å². The number of hydrogen-bond acceptors (Lipinski definition) is 0. The molecule has 32 heavy (non-hydrogen) atoms. The molecule has 0 spiro atoms. The Balaban J connectivity index is 1.70. The van der Waals surface area contributed by atoms with E-state index in [1.807, 2.05) is 0 Å². The summed E-state index contributed by atoms with van der Waals surface area (Å²) in [4.78, 5) is 0. The summed E-state index contributed by atoms with van der Waals surface area (Å²) >= 11 is 0. The molecule has 0 saturated carbocycles. The summed E-state index contributed by atoms with van der Waals surface area (Å²) in [5.41, 5.74) is 6.31. The van der Waals surface area contributed by atoms with E-state index in [9.17, 15) is 0 Å². The van der Waals surface area contributed by atoms with Crippen LogP contribution in [0, 0.1) is 0 Å². The van der Waals surface area contributed by atoms with Crippen molar-refractivity contribution in [1.29, 1.82) is 0 Å². The summed E-state index contributed by atoms with van der Waals surface area (Å²) in [6.45, 7) is 0. The predicted molar refractivity (Wildman–Crippen MR) is 136 cm³/mol. The predicted octanol–water partition coefficient (Wildman–Crippen LogP) is 7.95. The van der Waals surface area contributed by atoms with Crippen LogP contribution < -0.4 is 0 Å². The van der Waals surface area contributed by atoms with E-state index in [0.717, 1.165) is 6.42 Å². The smallest absolute Gasteiger partial charge is 0.0560 e. The number of hydrogen-bond donors (Lipinski definition) is 0. The van der Waals surface area contributed by atoms with E-state index >= 15 is 0 Å². The summed E-state index contributed by atoms with van der Waals surface area (Å²) in [7, 11) is 0. The third-order valence-corrected chi connectivity index (χ3v) is 6.81. The molecule has 1 atom stereocenters. The van der Waals surface area contributed by atoms with Crippen LogP contribution >= 0.6 is 0 Å². The molecule has 1 aliphatic carbocycles. The maximum atomic E-state index is 2.53. The molecule has 0 fully saturated rings. The molecule has 0 saturated heterocycles. The highest BCUT2D eigenvalue weighted by atomic mass is 15.0. The van der Waals surface area contributed by atoms with E-state index in [4.69, 9.17) is 0 Å². The topological polar surface area (TPSA) is 9.86 Å². The van der Waals surface area contributed by atoms with Gasteiger partial charge in [0.1, 0.15) is 0 Å². The lowest BCUT2D eigenvalue weighted by Crippen LogP contribution is -2.06. The van der Waals surface area contributed by atoms with E-state index in [1.54, 1.807) is 0 Å². The maximum absolute atomic E-state index is 2.53. The average molecular weight is 411 g/mol. The van der Waals surface area contributed by atoms with Crippen molar-refractivity contribution in [2.45, 2.75) is 12.5 Å². The van der Waals surface area contributed by atoms with Crippen LogP contribution in [0.3, 0.4) is 0 Å². The lowest BCUT2D eigenvalue weighted by Gasteiger charge is -2.18. The van der Waals surface area contributed by atoms with Gasteiger partial charge in [0.2, 0.25) is 0 Å². The van der Waals surface area contributed by atoms with Gasteiger partial charge in [-0.3, -0.25) is 0 Å². The second kappa shape index (κ2) is 6.73. The Labute approximate surface area is 186 Å². The van der Waals surface area contributed by atoms with Gasteiger partial charge < -0.3 is 9.13 Å². The number of nitrogens with zero attached hydrogens (tertiary/aromatic N) is 2. The molecular formula is C30H22N2. The van der Waals surface area contributed by atoms with Crippen LogP contribution in [0.15, 0.2) is 115 Å². The van der Waals surface area contributed by atoms with E-state index in [1.165, 1.54) is 49.3 Å². The quantitative estimate of drug-likeness (QED) is 0.274. The molecule has 152 valence electrons. The van der Waals surface area contributed by atoms with Gasteiger partial charge in [0, 0.05) is 32.7 Å². The Hall–Kier alpha value is -4.04. The SMILES string of the molecule is C1=CCC(n2c3ccccc3c3c4c5ccccc5n(-c5ccccc5)c4ccc32)C=C1. The highest BCUT2D eigenvalue weighted by Crippen LogP contribution is 2.42. The normalized spacial score (nSPS) is 16.1. The summed E-state index contributed by atoms with van der Waals surface area (Å²) in [5.74, 6) is 0. The molecule has 2 aromatic heterocycles. The van der Waals surface area contributed by atoms with E-state index in [0.29, 0.717) is 6.04 Å². The number of rotatable bonds is 2. The van der Waals surface area contributed by atoms with Gasteiger partial charge in [0.15, 0.2) is 0 Å². The average Bonchev–Trinajstić information content (AvgIpc) is 3.38. The van der Waals surface area contributed by atoms with Crippen molar-refractivity contribution in [2.24, 2.45) is 0 Å². The minimum atomic E-state index is 0.335. The highest BCUT2D eigenvalue weighted by molar-refractivity contribution is 6.28. The summed E-state index contributed by atoms with van der Waals surface area (Å²) < 4.78 is 4.93. The molecule has 7 rings (SSSR count). The number of allylic oxidation sites excluding steroid dienone is 4. The van der Waals surface area contributed by atoms with Gasteiger partial charge in [-0.1, -0.05) is 78.9 Å². The molecule has 6 aromatic rings.